The highest BCUT2D eigenvalue weighted by molar-refractivity contribution is 7.16. The van der Waals surface area contributed by atoms with Gasteiger partial charge in [-0.05, 0) is 29.1 Å². The number of aromatic nitrogens is 2. The third-order valence-corrected chi connectivity index (χ3v) is 4.31. The Morgan fingerprint density at radius 3 is 3.00 bits per heavy atom. The zero-order valence-corrected chi connectivity index (χ0v) is 13.2. The van der Waals surface area contributed by atoms with Crippen molar-refractivity contribution < 1.29 is 9.18 Å². The van der Waals surface area contributed by atoms with Crippen molar-refractivity contribution >= 4 is 27.5 Å². The number of thiophene rings is 1. The molecule has 0 unspecified atom stereocenters. The van der Waals surface area contributed by atoms with Crippen LogP contribution < -0.4 is 5.56 Å². The first-order valence-corrected chi connectivity index (χ1v) is 7.83. The number of hydrogen-bond donors (Lipinski definition) is 0. The van der Waals surface area contributed by atoms with Crippen LogP contribution in [0.3, 0.4) is 0 Å². The summed E-state index contributed by atoms with van der Waals surface area (Å²) in [5.74, 6) is -0.584. The van der Waals surface area contributed by atoms with Crippen molar-refractivity contribution in [2.75, 3.05) is 7.05 Å². The molecule has 23 heavy (non-hydrogen) atoms. The van der Waals surface area contributed by atoms with E-state index in [9.17, 15) is 14.0 Å². The molecule has 3 aromatic rings. The van der Waals surface area contributed by atoms with E-state index in [-0.39, 0.29) is 30.4 Å². The number of carbonyl (C=O) groups excluding carboxylic acids is 1. The fraction of sp³-hybridized carbons (Fsp3) is 0.188. The molecule has 0 aliphatic rings. The smallest absolute Gasteiger partial charge is 0.262 e. The third-order valence-electron chi connectivity index (χ3n) is 3.49. The average molecular weight is 331 g/mol. The summed E-state index contributed by atoms with van der Waals surface area (Å²) < 4.78 is 14.5. The molecule has 2 aromatic heterocycles. The molecular weight excluding hydrogens is 317 g/mol. The lowest BCUT2D eigenvalue weighted by Crippen LogP contribution is -2.33. The minimum Gasteiger partial charge on any atom is -0.340 e. The quantitative estimate of drug-likeness (QED) is 0.737. The molecule has 0 N–H and O–H groups in total. The Balaban J connectivity index is 1.74. The number of halogens is 1. The van der Waals surface area contributed by atoms with Gasteiger partial charge in [0.2, 0.25) is 5.91 Å². The van der Waals surface area contributed by atoms with E-state index >= 15 is 0 Å². The molecule has 0 saturated heterocycles. The fourth-order valence-electron chi connectivity index (χ4n) is 2.27. The van der Waals surface area contributed by atoms with Crippen molar-refractivity contribution in [1.29, 1.82) is 0 Å². The van der Waals surface area contributed by atoms with Crippen LogP contribution in [0.1, 0.15) is 5.56 Å². The second-order valence-corrected chi connectivity index (χ2v) is 6.09. The third kappa shape index (κ3) is 3.29. The SMILES string of the molecule is CN(Cc1cccc(F)c1)C(=O)Cn1cnc2sccc2c1=O. The van der Waals surface area contributed by atoms with E-state index < -0.39 is 0 Å². The number of carbonyl (C=O) groups is 1. The predicted octanol–water partition coefficient (Wildman–Crippen LogP) is 2.26. The largest absolute Gasteiger partial charge is 0.340 e. The highest BCUT2D eigenvalue weighted by atomic mass is 32.1. The lowest BCUT2D eigenvalue weighted by molar-refractivity contribution is -0.131. The van der Waals surface area contributed by atoms with Crippen LogP contribution in [-0.2, 0) is 17.9 Å². The van der Waals surface area contributed by atoms with Gasteiger partial charge in [-0.2, -0.15) is 0 Å². The van der Waals surface area contributed by atoms with E-state index in [4.69, 9.17) is 0 Å². The van der Waals surface area contributed by atoms with Crippen LogP contribution in [0.2, 0.25) is 0 Å². The zero-order chi connectivity index (χ0) is 16.4. The van der Waals surface area contributed by atoms with Gasteiger partial charge in [-0.3, -0.25) is 14.2 Å². The number of nitrogens with zero attached hydrogens (tertiary/aromatic N) is 3. The summed E-state index contributed by atoms with van der Waals surface area (Å²) in [6.45, 7) is 0.183. The van der Waals surface area contributed by atoms with Crippen molar-refractivity contribution in [2.24, 2.45) is 0 Å². The Labute approximate surface area is 135 Å². The lowest BCUT2D eigenvalue weighted by atomic mass is 10.2. The lowest BCUT2D eigenvalue weighted by Gasteiger charge is -2.18. The van der Waals surface area contributed by atoms with Crippen LogP contribution in [0, 0.1) is 5.82 Å². The summed E-state index contributed by atoms with van der Waals surface area (Å²) >= 11 is 1.38. The molecule has 0 aliphatic heterocycles. The summed E-state index contributed by atoms with van der Waals surface area (Å²) in [6.07, 6.45) is 1.38. The highest BCUT2D eigenvalue weighted by Crippen LogP contribution is 2.13. The van der Waals surface area contributed by atoms with Crippen LogP contribution in [0.25, 0.3) is 10.2 Å². The molecule has 0 spiro atoms. The van der Waals surface area contributed by atoms with Crippen LogP contribution in [0.4, 0.5) is 4.39 Å². The molecule has 118 valence electrons. The number of amides is 1. The van der Waals surface area contributed by atoms with E-state index in [0.717, 1.165) is 0 Å². The van der Waals surface area contributed by atoms with Crippen LogP contribution in [0.15, 0.2) is 46.8 Å². The van der Waals surface area contributed by atoms with Gasteiger partial charge in [0.15, 0.2) is 0 Å². The van der Waals surface area contributed by atoms with Gasteiger partial charge in [0.05, 0.1) is 11.7 Å². The number of likely N-dealkylation sites (N-methyl/N-ethyl adjacent to an activating group) is 1. The van der Waals surface area contributed by atoms with Gasteiger partial charge in [0.1, 0.15) is 17.2 Å². The molecule has 0 radical (unpaired) electrons. The average Bonchev–Trinajstić information content (AvgIpc) is 2.99. The maximum Gasteiger partial charge on any atom is 0.262 e. The van der Waals surface area contributed by atoms with Gasteiger partial charge in [0, 0.05) is 13.6 Å². The highest BCUT2D eigenvalue weighted by Gasteiger charge is 2.13. The van der Waals surface area contributed by atoms with E-state index in [2.05, 4.69) is 4.98 Å². The Kier molecular flexibility index (Phi) is 4.20. The summed E-state index contributed by atoms with van der Waals surface area (Å²) in [7, 11) is 1.62. The first kappa shape index (κ1) is 15.4. The molecule has 0 fully saturated rings. The van der Waals surface area contributed by atoms with Gasteiger partial charge in [-0.25, -0.2) is 9.37 Å². The van der Waals surface area contributed by atoms with Gasteiger partial charge >= 0.3 is 0 Å². The van der Waals surface area contributed by atoms with Crippen molar-refractivity contribution in [2.45, 2.75) is 13.1 Å². The molecule has 2 heterocycles. The maximum absolute atomic E-state index is 13.2. The normalized spacial score (nSPS) is 10.9. The van der Waals surface area contributed by atoms with Gasteiger partial charge in [0.25, 0.3) is 5.56 Å². The van der Waals surface area contributed by atoms with Gasteiger partial charge < -0.3 is 4.90 Å². The Morgan fingerprint density at radius 2 is 2.22 bits per heavy atom. The molecule has 5 nitrogen and oxygen atoms in total. The molecular formula is C16H14FN3O2S. The minimum atomic E-state index is -0.341. The Morgan fingerprint density at radius 1 is 1.39 bits per heavy atom. The van der Waals surface area contributed by atoms with Crippen LogP contribution >= 0.6 is 11.3 Å². The fourth-order valence-corrected chi connectivity index (χ4v) is 2.99. The molecule has 0 atom stereocenters. The van der Waals surface area contributed by atoms with Crippen molar-refractivity contribution in [3.05, 3.63) is 63.8 Å². The number of rotatable bonds is 4. The Hall–Kier alpha value is -2.54. The topological polar surface area (TPSA) is 55.2 Å². The monoisotopic (exact) mass is 331 g/mol. The van der Waals surface area contributed by atoms with Crippen molar-refractivity contribution in [3.8, 4) is 0 Å². The van der Waals surface area contributed by atoms with Crippen molar-refractivity contribution in [3.63, 3.8) is 0 Å². The first-order chi connectivity index (χ1) is 11.0. The van der Waals surface area contributed by atoms with Gasteiger partial charge in [-0.1, -0.05) is 12.1 Å². The molecule has 1 aromatic carbocycles. The first-order valence-electron chi connectivity index (χ1n) is 6.95. The number of benzene rings is 1. The molecule has 7 heteroatoms. The summed E-state index contributed by atoms with van der Waals surface area (Å²) in [5.41, 5.74) is 0.461. The van der Waals surface area contributed by atoms with E-state index in [1.165, 1.54) is 39.3 Å². The van der Waals surface area contributed by atoms with Gasteiger partial charge in [-0.15, -0.1) is 11.3 Å². The van der Waals surface area contributed by atoms with E-state index in [1.807, 2.05) is 0 Å². The predicted molar refractivity (Wildman–Crippen MR) is 86.8 cm³/mol. The zero-order valence-electron chi connectivity index (χ0n) is 12.4. The second-order valence-electron chi connectivity index (χ2n) is 5.20. The molecule has 3 rings (SSSR count). The van der Waals surface area contributed by atoms with E-state index in [0.29, 0.717) is 15.8 Å². The van der Waals surface area contributed by atoms with Crippen molar-refractivity contribution in [1.82, 2.24) is 14.5 Å². The standard InChI is InChI=1S/C16H14FN3O2S/c1-19(8-11-3-2-4-12(17)7-11)14(21)9-20-10-18-15-13(16(20)22)5-6-23-15/h2-7,10H,8-9H2,1H3. The summed E-state index contributed by atoms with van der Waals surface area (Å²) in [6, 6.07) is 7.79. The number of fused-ring (bicyclic) bond motifs is 1. The minimum absolute atomic E-state index is 0.0938. The van der Waals surface area contributed by atoms with Crippen LogP contribution in [0.5, 0.6) is 0 Å². The molecule has 0 aliphatic carbocycles. The maximum atomic E-state index is 13.2. The summed E-state index contributed by atoms with van der Waals surface area (Å²) in [4.78, 5) is 30.8. The molecule has 0 saturated carbocycles. The summed E-state index contributed by atoms with van der Waals surface area (Å²) in [5, 5.41) is 2.31. The number of hydrogen-bond acceptors (Lipinski definition) is 4. The Bertz CT molecular complexity index is 919. The second kappa shape index (κ2) is 6.29. The van der Waals surface area contributed by atoms with Crippen LogP contribution in [-0.4, -0.2) is 27.4 Å². The molecule has 1 amide bonds. The molecule has 0 bridgehead atoms. The van der Waals surface area contributed by atoms with E-state index in [1.54, 1.807) is 30.6 Å².